The molecule has 0 aliphatic rings. The van der Waals surface area contributed by atoms with Crippen LogP contribution in [0.5, 0.6) is 0 Å². The molecule has 3 aromatic rings. The molecule has 2 aromatic heterocycles. The molecule has 0 unspecified atom stereocenters. The molecule has 18 heavy (non-hydrogen) atoms. The fourth-order valence-electron chi connectivity index (χ4n) is 1.60. The number of nitrogens with zero attached hydrogens (tertiary/aromatic N) is 3. The third-order valence-electron chi connectivity index (χ3n) is 2.39. The second kappa shape index (κ2) is 4.34. The second-order valence-corrected chi connectivity index (χ2v) is 4.81. The van der Waals surface area contributed by atoms with Crippen molar-refractivity contribution in [1.29, 1.82) is 0 Å². The topological polar surface area (TPSA) is 93.6 Å². The van der Waals surface area contributed by atoms with Crippen LogP contribution in [0, 0.1) is 6.92 Å². The van der Waals surface area contributed by atoms with E-state index in [9.17, 15) is 0 Å². The Morgan fingerprint density at radius 2 is 2.28 bits per heavy atom. The SMILES string of the molecule is Cc1noc(CSc2nc3ccc(N)cc3[nH]2)n1. The molecule has 1 aromatic carbocycles. The Hall–Kier alpha value is -2.02. The van der Waals surface area contributed by atoms with Crippen molar-refractivity contribution in [1.82, 2.24) is 20.1 Å². The van der Waals surface area contributed by atoms with Gasteiger partial charge in [0, 0.05) is 5.69 Å². The van der Waals surface area contributed by atoms with Gasteiger partial charge in [0.1, 0.15) is 0 Å². The highest BCUT2D eigenvalue weighted by Gasteiger charge is 2.07. The number of aryl methyl sites for hydroxylation is 1. The number of hydrogen-bond acceptors (Lipinski definition) is 6. The third-order valence-corrected chi connectivity index (χ3v) is 3.24. The summed E-state index contributed by atoms with van der Waals surface area (Å²) >= 11 is 1.51. The summed E-state index contributed by atoms with van der Waals surface area (Å²) in [6.45, 7) is 1.79. The first-order valence-electron chi connectivity index (χ1n) is 5.38. The zero-order chi connectivity index (χ0) is 12.5. The Bertz CT molecular complexity index is 690. The van der Waals surface area contributed by atoms with Crippen LogP contribution < -0.4 is 5.73 Å². The van der Waals surface area contributed by atoms with Gasteiger partial charge in [0.15, 0.2) is 11.0 Å². The molecule has 0 fully saturated rings. The summed E-state index contributed by atoms with van der Waals surface area (Å²) in [6.07, 6.45) is 0. The largest absolute Gasteiger partial charge is 0.399 e. The Labute approximate surface area is 107 Å². The van der Waals surface area contributed by atoms with Crippen LogP contribution >= 0.6 is 11.8 Å². The molecule has 92 valence electrons. The van der Waals surface area contributed by atoms with Gasteiger partial charge in [-0.25, -0.2) is 4.98 Å². The minimum Gasteiger partial charge on any atom is -0.399 e. The summed E-state index contributed by atoms with van der Waals surface area (Å²) in [6, 6.07) is 5.59. The summed E-state index contributed by atoms with van der Waals surface area (Å²) in [5.74, 6) is 1.83. The number of aromatic amines is 1. The lowest BCUT2D eigenvalue weighted by Gasteiger charge is -1.91. The van der Waals surface area contributed by atoms with Crippen LogP contribution in [0.2, 0.25) is 0 Å². The number of benzene rings is 1. The van der Waals surface area contributed by atoms with Crippen molar-refractivity contribution < 1.29 is 4.52 Å². The summed E-state index contributed by atoms with van der Waals surface area (Å²) in [5, 5.41) is 4.55. The third kappa shape index (κ3) is 2.17. The van der Waals surface area contributed by atoms with E-state index >= 15 is 0 Å². The molecule has 0 aliphatic heterocycles. The second-order valence-electron chi connectivity index (χ2n) is 3.84. The van der Waals surface area contributed by atoms with E-state index in [1.807, 2.05) is 18.2 Å². The number of hydrogen-bond donors (Lipinski definition) is 2. The molecule has 2 heterocycles. The Kier molecular flexibility index (Phi) is 2.67. The highest BCUT2D eigenvalue weighted by Crippen LogP contribution is 2.23. The van der Waals surface area contributed by atoms with E-state index in [1.165, 1.54) is 11.8 Å². The highest BCUT2D eigenvalue weighted by atomic mass is 32.2. The molecule has 0 amide bonds. The summed E-state index contributed by atoms with van der Waals surface area (Å²) in [5.41, 5.74) is 8.26. The van der Waals surface area contributed by atoms with Crippen LogP contribution in [0.1, 0.15) is 11.7 Å². The zero-order valence-electron chi connectivity index (χ0n) is 9.67. The number of fused-ring (bicyclic) bond motifs is 1. The van der Waals surface area contributed by atoms with Gasteiger partial charge in [-0.2, -0.15) is 4.98 Å². The average Bonchev–Trinajstić information content (AvgIpc) is 2.92. The van der Waals surface area contributed by atoms with E-state index in [1.54, 1.807) is 6.92 Å². The number of anilines is 1. The van der Waals surface area contributed by atoms with Crippen molar-refractivity contribution in [3.05, 3.63) is 29.9 Å². The Morgan fingerprint density at radius 1 is 1.39 bits per heavy atom. The number of nitrogen functional groups attached to an aromatic ring is 1. The molecule has 0 atom stereocenters. The molecule has 7 heteroatoms. The van der Waals surface area contributed by atoms with Crippen LogP contribution in [0.25, 0.3) is 11.0 Å². The molecule has 6 nitrogen and oxygen atoms in total. The van der Waals surface area contributed by atoms with Crippen molar-refractivity contribution in [2.24, 2.45) is 0 Å². The van der Waals surface area contributed by atoms with E-state index in [0.29, 0.717) is 17.5 Å². The number of thioether (sulfide) groups is 1. The minimum atomic E-state index is 0.593. The van der Waals surface area contributed by atoms with Gasteiger partial charge in [0.05, 0.1) is 16.8 Å². The lowest BCUT2D eigenvalue weighted by atomic mass is 10.3. The molecular formula is C11H11N5OS. The van der Waals surface area contributed by atoms with Crippen molar-refractivity contribution in [3.63, 3.8) is 0 Å². The van der Waals surface area contributed by atoms with E-state index in [2.05, 4.69) is 20.1 Å². The van der Waals surface area contributed by atoms with E-state index in [4.69, 9.17) is 10.3 Å². The maximum absolute atomic E-state index is 5.71. The van der Waals surface area contributed by atoms with Gasteiger partial charge in [0.25, 0.3) is 0 Å². The maximum atomic E-state index is 5.71. The Balaban J connectivity index is 1.78. The molecule has 0 bridgehead atoms. The quantitative estimate of drug-likeness (QED) is 0.554. The van der Waals surface area contributed by atoms with Gasteiger partial charge in [-0.15, -0.1) is 0 Å². The van der Waals surface area contributed by atoms with Gasteiger partial charge in [-0.05, 0) is 25.1 Å². The van der Waals surface area contributed by atoms with Crippen molar-refractivity contribution >= 4 is 28.5 Å². The molecule has 3 rings (SSSR count). The summed E-state index contributed by atoms with van der Waals surface area (Å²) in [7, 11) is 0. The predicted molar refractivity (Wildman–Crippen MR) is 69.1 cm³/mol. The number of rotatable bonds is 3. The maximum Gasteiger partial charge on any atom is 0.237 e. The van der Waals surface area contributed by atoms with Gasteiger partial charge in [0.2, 0.25) is 5.89 Å². The lowest BCUT2D eigenvalue weighted by molar-refractivity contribution is 0.387. The van der Waals surface area contributed by atoms with Crippen molar-refractivity contribution in [2.75, 3.05) is 5.73 Å². The van der Waals surface area contributed by atoms with E-state index in [-0.39, 0.29) is 0 Å². The van der Waals surface area contributed by atoms with Crippen molar-refractivity contribution in [2.45, 2.75) is 17.8 Å². The fourth-order valence-corrected chi connectivity index (χ4v) is 2.32. The van der Waals surface area contributed by atoms with Crippen LogP contribution in [-0.4, -0.2) is 20.1 Å². The van der Waals surface area contributed by atoms with E-state index in [0.717, 1.165) is 21.9 Å². The summed E-state index contributed by atoms with van der Waals surface area (Å²) in [4.78, 5) is 11.8. The minimum absolute atomic E-state index is 0.593. The highest BCUT2D eigenvalue weighted by molar-refractivity contribution is 7.98. The lowest BCUT2D eigenvalue weighted by Crippen LogP contribution is -1.82. The smallest absolute Gasteiger partial charge is 0.237 e. The van der Waals surface area contributed by atoms with Gasteiger partial charge in [-0.3, -0.25) is 0 Å². The molecule has 3 N–H and O–H groups in total. The number of nitrogens with two attached hydrogens (primary N) is 1. The number of H-pyrrole nitrogens is 1. The monoisotopic (exact) mass is 261 g/mol. The molecule has 0 saturated carbocycles. The first-order valence-corrected chi connectivity index (χ1v) is 6.36. The first-order chi connectivity index (χ1) is 8.70. The molecular weight excluding hydrogens is 250 g/mol. The Morgan fingerprint density at radius 3 is 3.06 bits per heavy atom. The number of aromatic nitrogens is 4. The average molecular weight is 261 g/mol. The van der Waals surface area contributed by atoms with Crippen LogP contribution in [0.3, 0.4) is 0 Å². The molecule has 0 radical (unpaired) electrons. The van der Waals surface area contributed by atoms with Crippen LogP contribution in [0.15, 0.2) is 27.9 Å². The number of nitrogens with one attached hydrogen (secondary N) is 1. The number of imidazole rings is 1. The van der Waals surface area contributed by atoms with Gasteiger partial charge in [-0.1, -0.05) is 16.9 Å². The van der Waals surface area contributed by atoms with Crippen LogP contribution in [0.4, 0.5) is 5.69 Å². The zero-order valence-corrected chi connectivity index (χ0v) is 10.5. The standard InChI is InChI=1S/C11H11N5OS/c1-6-13-10(17-16-6)5-18-11-14-8-3-2-7(12)4-9(8)15-11/h2-4H,5,12H2,1H3,(H,14,15). The molecule has 0 spiro atoms. The first kappa shape index (κ1) is 11.1. The van der Waals surface area contributed by atoms with Gasteiger partial charge < -0.3 is 15.2 Å². The van der Waals surface area contributed by atoms with Crippen molar-refractivity contribution in [3.8, 4) is 0 Å². The normalized spacial score (nSPS) is 11.2. The molecule has 0 aliphatic carbocycles. The van der Waals surface area contributed by atoms with E-state index < -0.39 is 0 Å². The molecule has 0 saturated heterocycles. The predicted octanol–water partition coefficient (Wildman–Crippen LogP) is 2.13. The fraction of sp³-hybridized carbons (Fsp3) is 0.182. The van der Waals surface area contributed by atoms with Crippen LogP contribution in [-0.2, 0) is 5.75 Å². The van der Waals surface area contributed by atoms with Gasteiger partial charge >= 0.3 is 0 Å². The summed E-state index contributed by atoms with van der Waals surface area (Å²) < 4.78 is 5.04.